The molecule has 3 N–H and O–H groups in total. The van der Waals surface area contributed by atoms with Gasteiger partial charge >= 0.3 is 0 Å². The highest BCUT2D eigenvalue weighted by molar-refractivity contribution is 5.92. The van der Waals surface area contributed by atoms with Gasteiger partial charge in [-0.05, 0) is 42.2 Å². The first-order valence-corrected chi connectivity index (χ1v) is 7.31. The average molecular weight is 284 g/mol. The molecule has 4 heteroatoms. The summed E-state index contributed by atoms with van der Waals surface area (Å²) in [6.07, 6.45) is 1.24. The lowest BCUT2D eigenvalue weighted by Crippen LogP contribution is -2.14. The first-order chi connectivity index (χ1) is 10.1. The maximum atomic E-state index is 11.1. The lowest BCUT2D eigenvalue weighted by Gasteiger charge is -2.04. The van der Waals surface area contributed by atoms with Gasteiger partial charge in [0.15, 0.2) is 0 Å². The van der Waals surface area contributed by atoms with Crippen molar-refractivity contribution in [2.24, 2.45) is 11.7 Å². The quantitative estimate of drug-likeness (QED) is 0.857. The lowest BCUT2D eigenvalue weighted by molar-refractivity contribution is 0.1000. The number of furan rings is 1. The SMILES string of the molecule is CC1CC1c1ccc(CNCc2cccc(C(N)=O)c2)o1. The van der Waals surface area contributed by atoms with Gasteiger partial charge in [0.1, 0.15) is 11.5 Å². The van der Waals surface area contributed by atoms with Gasteiger partial charge in [-0.25, -0.2) is 0 Å². The van der Waals surface area contributed by atoms with E-state index >= 15 is 0 Å². The fourth-order valence-electron chi connectivity index (χ4n) is 2.57. The number of hydrogen-bond donors (Lipinski definition) is 2. The maximum Gasteiger partial charge on any atom is 0.248 e. The van der Waals surface area contributed by atoms with E-state index in [0.717, 1.165) is 23.0 Å². The lowest BCUT2D eigenvalue weighted by atomic mass is 10.1. The van der Waals surface area contributed by atoms with Gasteiger partial charge in [-0.15, -0.1) is 0 Å². The molecule has 0 aliphatic heterocycles. The number of nitrogens with one attached hydrogen (secondary N) is 1. The summed E-state index contributed by atoms with van der Waals surface area (Å²) in [7, 11) is 0. The van der Waals surface area contributed by atoms with E-state index in [1.54, 1.807) is 6.07 Å². The van der Waals surface area contributed by atoms with Crippen LogP contribution in [0.4, 0.5) is 0 Å². The minimum atomic E-state index is -0.397. The Morgan fingerprint density at radius 2 is 2.14 bits per heavy atom. The van der Waals surface area contributed by atoms with Gasteiger partial charge in [0.05, 0.1) is 6.54 Å². The highest BCUT2D eigenvalue weighted by Gasteiger charge is 2.36. The molecule has 1 heterocycles. The molecule has 1 aromatic carbocycles. The Kier molecular flexibility index (Phi) is 3.80. The Balaban J connectivity index is 1.52. The third-order valence-electron chi connectivity index (χ3n) is 4.00. The van der Waals surface area contributed by atoms with Crippen LogP contribution in [0.3, 0.4) is 0 Å². The summed E-state index contributed by atoms with van der Waals surface area (Å²) in [4.78, 5) is 11.1. The summed E-state index contributed by atoms with van der Waals surface area (Å²) in [6, 6.07) is 11.5. The van der Waals surface area contributed by atoms with Gasteiger partial charge in [-0.3, -0.25) is 4.79 Å². The molecular weight excluding hydrogens is 264 g/mol. The fourth-order valence-corrected chi connectivity index (χ4v) is 2.57. The summed E-state index contributed by atoms with van der Waals surface area (Å²) in [5.41, 5.74) is 6.85. The summed E-state index contributed by atoms with van der Waals surface area (Å²) in [5.74, 6) is 3.04. The summed E-state index contributed by atoms with van der Waals surface area (Å²) in [5, 5.41) is 3.32. The van der Waals surface area contributed by atoms with Crippen molar-refractivity contribution in [1.29, 1.82) is 0 Å². The Morgan fingerprint density at radius 3 is 2.86 bits per heavy atom. The van der Waals surface area contributed by atoms with E-state index in [1.165, 1.54) is 6.42 Å². The van der Waals surface area contributed by atoms with Gasteiger partial charge in [0.2, 0.25) is 5.91 Å². The molecular formula is C17H20N2O2. The van der Waals surface area contributed by atoms with Crippen molar-refractivity contribution in [3.05, 3.63) is 59.0 Å². The molecule has 1 amide bonds. The second-order valence-corrected chi connectivity index (χ2v) is 5.79. The average Bonchev–Trinajstić information content (AvgIpc) is 3.01. The van der Waals surface area contributed by atoms with Gasteiger partial charge in [-0.1, -0.05) is 19.1 Å². The van der Waals surface area contributed by atoms with E-state index in [9.17, 15) is 4.79 Å². The molecule has 0 saturated heterocycles. The van der Waals surface area contributed by atoms with Crippen LogP contribution in [0.5, 0.6) is 0 Å². The van der Waals surface area contributed by atoms with Crippen LogP contribution in [-0.4, -0.2) is 5.91 Å². The van der Waals surface area contributed by atoms with Crippen molar-refractivity contribution < 1.29 is 9.21 Å². The van der Waals surface area contributed by atoms with Crippen molar-refractivity contribution in [1.82, 2.24) is 5.32 Å². The third-order valence-corrected chi connectivity index (χ3v) is 4.00. The second-order valence-electron chi connectivity index (χ2n) is 5.79. The Morgan fingerprint density at radius 1 is 1.33 bits per heavy atom. The van der Waals surface area contributed by atoms with Crippen LogP contribution in [0.2, 0.25) is 0 Å². The second kappa shape index (κ2) is 5.74. The third kappa shape index (κ3) is 3.34. The molecule has 1 aliphatic rings. The van der Waals surface area contributed by atoms with E-state index in [0.29, 0.717) is 24.6 Å². The molecule has 3 rings (SSSR count). The molecule has 0 spiro atoms. The Bertz CT molecular complexity index is 648. The minimum absolute atomic E-state index is 0.397. The van der Waals surface area contributed by atoms with Crippen LogP contribution >= 0.6 is 0 Å². The van der Waals surface area contributed by atoms with Gasteiger partial charge in [-0.2, -0.15) is 0 Å². The highest BCUT2D eigenvalue weighted by Crippen LogP contribution is 2.47. The highest BCUT2D eigenvalue weighted by atomic mass is 16.3. The van der Waals surface area contributed by atoms with Crippen LogP contribution < -0.4 is 11.1 Å². The monoisotopic (exact) mass is 284 g/mol. The van der Waals surface area contributed by atoms with Crippen LogP contribution in [0.25, 0.3) is 0 Å². The van der Waals surface area contributed by atoms with Crippen molar-refractivity contribution >= 4 is 5.91 Å². The number of rotatable bonds is 6. The minimum Gasteiger partial charge on any atom is -0.464 e. The van der Waals surface area contributed by atoms with Gasteiger partial charge in [0.25, 0.3) is 0 Å². The zero-order chi connectivity index (χ0) is 14.8. The summed E-state index contributed by atoms with van der Waals surface area (Å²) in [6.45, 7) is 3.61. The van der Waals surface area contributed by atoms with Crippen molar-refractivity contribution in [2.75, 3.05) is 0 Å². The first-order valence-electron chi connectivity index (χ1n) is 7.31. The number of amides is 1. The van der Waals surface area contributed by atoms with Gasteiger partial charge in [0, 0.05) is 18.0 Å². The molecule has 2 atom stereocenters. The van der Waals surface area contributed by atoms with Crippen LogP contribution in [-0.2, 0) is 13.1 Å². The van der Waals surface area contributed by atoms with E-state index in [1.807, 2.05) is 24.3 Å². The molecule has 4 nitrogen and oxygen atoms in total. The standard InChI is InChI=1S/C17H20N2O2/c1-11-7-15(11)16-6-5-14(21-16)10-19-9-12-3-2-4-13(8-12)17(18)20/h2-6,8,11,15,19H,7,9-10H2,1H3,(H2,18,20). The molecule has 2 aromatic rings. The van der Waals surface area contributed by atoms with E-state index in [4.69, 9.17) is 10.2 Å². The molecule has 1 aromatic heterocycles. The van der Waals surface area contributed by atoms with Crippen molar-refractivity contribution in [3.8, 4) is 0 Å². The van der Waals surface area contributed by atoms with Gasteiger partial charge < -0.3 is 15.5 Å². The van der Waals surface area contributed by atoms with Crippen LogP contribution in [0.15, 0.2) is 40.8 Å². The normalized spacial score (nSPS) is 20.4. The number of hydrogen-bond acceptors (Lipinski definition) is 3. The van der Waals surface area contributed by atoms with Crippen molar-refractivity contribution in [2.45, 2.75) is 32.4 Å². The molecule has 1 saturated carbocycles. The largest absolute Gasteiger partial charge is 0.464 e. The number of benzene rings is 1. The maximum absolute atomic E-state index is 11.1. The Hall–Kier alpha value is -2.07. The number of carbonyl (C=O) groups excluding carboxylic acids is 1. The van der Waals surface area contributed by atoms with E-state index in [2.05, 4.69) is 18.3 Å². The number of carbonyl (C=O) groups is 1. The zero-order valence-electron chi connectivity index (χ0n) is 12.1. The van der Waals surface area contributed by atoms with Crippen LogP contribution in [0.1, 0.15) is 46.7 Å². The molecule has 0 bridgehead atoms. The molecule has 0 radical (unpaired) electrons. The Labute approximate surface area is 124 Å². The number of primary amides is 1. The molecule has 2 unspecified atom stereocenters. The fraction of sp³-hybridized carbons (Fsp3) is 0.353. The number of nitrogens with two attached hydrogens (primary N) is 1. The smallest absolute Gasteiger partial charge is 0.248 e. The topological polar surface area (TPSA) is 68.3 Å². The predicted octanol–water partition coefficient (Wildman–Crippen LogP) is 2.79. The van der Waals surface area contributed by atoms with E-state index in [-0.39, 0.29) is 0 Å². The summed E-state index contributed by atoms with van der Waals surface area (Å²) < 4.78 is 5.84. The molecule has 110 valence electrons. The molecule has 21 heavy (non-hydrogen) atoms. The van der Waals surface area contributed by atoms with Crippen LogP contribution in [0, 0.1) is 5.92 Å². The summed E-state index contributed by atoms with van der Waals surface area (Å²) >= 11 is 0. The molecule has 1 aliphatic carbocycles. The first kappa shape index (κ1) is 13.9. The van der Waals surface area contributed by atoms with Crippen molar-refractivity contribution in [3.63, 3.8) is 0 Å². The molecule has 1 fully saturated rings. The zero-order valence-corrected chi connectivity index (χ0v) is 12.1. The predicted molar refractivity (Wildman–Crippen MR) is 80.7 cm³/mol. The van der Waals surface area contributed by atoms with E-state index < -0.39 is 5.91 Å².